The molecule has 0 fully saturated rings. The molecule has 0 amide bonds. The summed E-state index contributed by atoms with van der Waals surface area (Å²) >= 11 is 0. The van der Waals surface area contributed by atoms with Crippen LogP contribution in [0.4, 0.5) is 0 Å². The molecule has 3 heteroatoms. The molecule has 2 N–H and O–H groups in total. The zero-order chi connectivity index (χ0) is 9.56. The Hall–Kier alpha value is -1.51. The average molecular weight is 167 g/mol. The van der Waals surface area contributed by atoms with Crippen molar-refractivity contribution in [3.8, 4) is 0 Å². The smallest absolute Gasteiger partial charge is 0.337 e. The molecule has 0 saturated heterocycles. The van der Waals surface area contributed by atoms with Crippen LogP contribution in [0.15, 0.2) is 36.6 Å². The molecule has 0 atom stereocenters. The molecule has 0 saturated carbocycles. The van der Waals surface area contributed by atoms with Crippen molar-refractivity contribution in [3.05, 3.63) is 36.6 Å². The van der Waals surface area contributed by atoms with Gasteiger partial charge >= 0.3 is 5.97 Å². The second-order valence-corrected chi connectivity index (χ2v) is 2.15. The molecule has 0 radical (unpaired) electrons. The lowest BCUT2D eigenvalue weighted by molar-refractivity contribution is -0.138. The minimum atomic E-state index is -0.435. The molecule has 0 spiro atoms. The van der Waals surface area contributed by atoms with E-state index in [-0.39, 0.29) is 5.57 Å². The summed E-state index contributed by atoms with van der Waals surface area (Å²) in [5, 5.41) is 0. The Morgan fingerprint density at radius 1 is 1.50 bits per heavy atom. The molecule has 0 bridgehead atoms. The van der Waals surface area contributed by atoms with E-state index in [4.69, 9.17) is 5.73 Å². The minimum absolute atomic E-state index is 0.267. The van der Waals surface area contributed by atoms with E-state index < -0.39 is 5.97 Å². The van der Waals surface area contributed by atoms with Gasteiger partial charge in [0.2, 0.25) is 0 Å². The normalized spacial score (nSPS) is 9.75. The van der Waals surface area contributed by atoms with E-state index in [0.717, 1.165) is 0 Å². The predicted octanol–water partition coefficient (Wildman–Crippen LogP) is 1.13. The Bertz CT molecular complexity index is 229. The third-order valence-corrected chi connectivity index (χ3v) is 1.04. The number of allylic oxidation sites excluding steroid dienone is 1. The molecular formula is C9H13NO2. The van der Waals surface area contributed by atoms with E-state index in [1.54, 1.807) is 6.92 Å². The summed E-state index contributed by atoms with van der Waals surface area (Å²) in [6, 6.07) is 0. The quantitative estimate of drug-likeness (QED) is 0.388. The second-order valence-electron chi connectivity index (χ2n) is 2.15. The van der Waals surface area contributed by atoms with Gasteiger partial charge in [-0.15, -0.1) is 0 Å². The van der Waals surface area contributed by atoms with Crippen LogP contribution in [0.5, 0.6) is 0 Å². The number of esters is 1. The van der Waals surface area contributed by atoms with E-state index in [0.29, 0.717) is 12.3 Å². The van der Waals surface area contributed by atoms with E-state index >= 15 is 0 Å². The van der Waals surface area contributed by atoms with Crippen molar-refractivity contribution in [1.29, 1.82) is 0 Å². The van der Waals surface area contributed by atoms with Gasteiger partial charge in [0.15, 0.2) is 0 Å². The predicted molar refractivity (Wildman–Crippen MR) is 48.2 cm³/mol. The van der Waals surface area contributed by atoms with Crippen molar-refractivity contribution in [2.24, 2.45) is 5.73 Å². The fraction of sp³-hybridized carbons (Fsp3) is 0.222. The van der Waals surface area contributed by atoms with E-state index in [2.05, 4.69) is 17.9 Å². The standard InChI is InChI=1S/C9H13NO2/c1-4-12-9(11)7(2)5-6-8(3)10/h5-6H,2-4,10H2,1H3/b6-5-. The van der Waals surface area contributed by atoms with E-state index in [1.165, 1.54) is 12.2 Å². The first-order chi connectivity index (χ1) is 5.57. The molecule has 0 aliphatic heterocycles. The molecule has 66 valence electrons. The van der Waals surface area contributed by atoms with Crippen molar-refractivity contribution in [2.45, 2.75) is 6.92 Å². The first kappa shape index (κ1) is 10.5. The third-order valence-electron chi connectivity index (χ3n) is 1.04. The number of rotatable bonds is 4. The highest BCUT2D eigenvalue weighted by atomic mass is 16.5. The number of carbonyl (C=O) groups is 1. The Balaban J connectivity index is 4.04. The number of ether oxygens (including phenoxy) is 1. The van der Waals surface area contributed by atoms with Gasteiger partial charge in [-0.1, -0.05) is 13.2 Å². The van der Waals surface area contributed by atoms with Crippen molar-refractivity contribution in [2.75, 3.05) is 6.61 Å². The summed E-state index contributed by atoms with van der Waals surface area (Å²) in [7, 11) is 0. The molecule has 0 aromatic carbocycles. The molecule has 0 aromatic rings. The third kappa shape index (κ3) is 4.33. The maximum absolute atomic E-state index is 10.9. The lowest BCUT2D eigenvalue weighted by atomic mass is 10.2. The van der Waals surface area contributed by atoms with Gasteiger partial charge in [0.1, 0.15) is 0 Å². The van der Waals surface area contributed by atoms with Crippen LogP contribution >= 0.6 is 0 Å². The first-order valence-electron chi connectivity index (χ1n) is 3.56. The van der Waals surface area contributed by atoms with E-state index in [1.807, 2.05) is 0 Å². The average Bonchev–Trinajstić information content (AvgIpc) is 2.00. The number of carbonyl (C=O) groups excluding carboxylic acids is 1. The van der Waals surface area contributed by atoms with Crippen molar-refractivity contribution in [3.63, 3.8) is 0 Å². The van der Waals surface area contributed by atoms with Crippen LogP contribution in [-0.4, -0.2) is 12.6 Å². The molecular weight excluding hydrogens is 154 g/mol. The van der Waals surface area contributed by atoms with Gasteiger partial charge in [-0.2, -0.15) is 0 Å². The molecule has 0 aromatic heterocycles. The van der Waals surface area contributed by atoms with Crippen LogP contribution in [-0.2, 0) is 9.53 Å². The molecule has 0 aliphatic rings. The maximum atomic E-state index is 10.9. The van der Waals surface area contributed by atoms with Gasteiger partial charge in [-0.25, -0.2) is 4.79 Å². The largest absolute Gasteiger partial charge is 0.462 e. The van der Waals surface area contributed by atoms with Crippen LogP contribution in [0.2, 0.25) is 0 Å². The van der Waals surface area contributed by atoms with Crippen LogP contribution < -0.4 is 5.73 Å². The highest BCUT2D eigenvalue weighted by molar-refractivity contribution is 5.90. The Labute approximate surface area is 72.2 Å². The summed E-state index contributed by atoms with van der Waals surface area (Å²) in [4.78, 5) is 10.9. The van der Waals surface area contributed by atoms with Gasteiger partial charge in [0, 0.05) is 5.70 Å². The highest BCUT2D eigenvalue weighted by Gasteiger charge is 2.02. The monoisotopic (exact) mass is 167 g/mol. The molecule has 3 nitrogen and oxygen atoms in total. The Kier molecular flexibility index (Phi) is 4.53. The minimum Gasteiger partial charge on any atom is -0.462 e. The SMILES string of the molecule is C=C(N)/C=C\C(=C)C(=O)OCC. The maximum Gasteiger partial charge on any atom is 0.337 e. The Morgan fingerprint density at radius 2 is 2.08 bits per heavy atom. The molecule has 0 heterocycles. The van der Waals surface area contributed by atoms with Gasteiger partial charge < -0.3 is 10.5 Å². The van der Waals surface area contributed by atoms with Crippen LogP contribution in [0.3, 0.4) is 0 Å². The number of hydrogen-bond acceptors (Lipinski definition) is 3. The first-order valence-corrected chi connectivity index (χ1v) is 3.56. The highest BCUT2D eigenvalue weighted by Crippen LogP contribution is 1.97. The van der Waals surface area contributed by atoms with Crippen LogP contribution in [0.25, 0.3) is 0 Å². The van der Waals surface area contributed by atoms with Crippen LogP contribution in [0.1, 0.15) is 6.92 Å². The summed E-state index contributed by atoms with van der Waals surface area (Å²) in [6.07, 6.45) is 2.97. The molecule has 0 unspecified atom stereocenters. The number of nitrogens with two attached hydrogens (primary N) is 1. The lowest BCUT2D eigenvalue weighted by Crippen LogP contribution is -2.04. The summed E-state index contributed by atoms with van der Waals surface area (Å²) in [5.74, 6) is -0.435. The zero-order valence-electron chi connectivity index (χ0n) is 7.17. The van der Waals surface area contributed by atoms with Crippen molar-refractivity contribution in [1.82, 2.24) is 0 Å². The Morgan fingerprint density at radius 3 is 2.50 bits per heavy atom. The number of hydrogen-bond donors (Lipinski definition) is 1. The molecule has 12 heavy (non-hydrogen) atoms. The van der Waals surface area contributed by atoms with Crippen molar-refractivity contribution < 1.29 is 9.53 Å². The van der Waals surface area contributed by atoms with Gasteiger partial charge in [0.05, 0.1) is 12.2 Å². The van der Waals surface area contributed by atoms with Crippen LogP contribution in [0, 0.1) is 0 Å². The van der Waals surface area contributed by atoms with Crippen molar-refractivity contribution >= 4 is 5.97 Å². The summed E-state index contributed by atoms with van der Waals surface area (Å²) in [6.45, 7) is 8.99. The fourth-order valence-electron chi connectivity index (χ4n) is 0.499. The second kappa shape index (κ2) is 5.18. The van der Waals surface area contributed by atoms with Gasteiger partial charge in [0.25, 0.3) is 0 Å². The summed E-state index contributed by atoms with van der Waals surface area (Å²) < 4.78 is 4.68. The van der Waals surface area contributed by atoms with E-state index in [9.17, 15) is 4.79 Å². The lowest BCUT2D eigenvalue weighted by Gasteiger charge is -1.99. The summed E-state index contributed by atoms with van der Waals surface area (Å²) in [5.41, 5.74) is 5.88. The molecule has 0 rings (SSSR count). The molecule has 0 aliphatic carbocycles. The van der Waals surface area contributed by atoms with Gasteiger partial charge in [-0.05, 0) is 19.1 Å². The topological polar surface area (TPSA) is 52.3 Å². The fourth-order valence-corrected chi connectivity index (χ4v) is 0.499. The van der Waals surface area contributed by atoms with Gasteiger partial charge in [-0.3, -0.25) is 0 Å². The zero-order valence-corrected chi connectivity index (χ0v) is 7.17.